The number of aromatic nitrogens is 3. The van der Waals surface area contributed by atoms with Crippen molar-refractivity contribution in [1.29, 1.82) is 0 Å². The van der Waals surface area contributed by atoms with Crippen molar-refractivity contribution >= 4 is 17.3 Å². The van der Waals surface area contributed by atoms with Crippen molar-refractivity contribution in [3.8, 4) is 22.1 Å². The summed E-state index contributed by atoms with van der Waals surface area (Å²) in [6.07, 6.45) is -6.53. The van der Waals surface area contributed by atoms with E-state index in [4.69, 9.17) is 4.74 Å². The standard InChI is InChI=1S/C31H30F6N4O3S/c1-3-22-14-21(16-44-25-8-7-20(13-18(25)2)19-9-11-40(12-10-19)17-30(32,33)34)27(45-22)24-5-4-6-26(39-24)41-28(31(35,36)37)23(15-38-41)29(42)43/h4-8,13-15,19H,3,9-12,16-17H2,1-2H3,(H,42,43). The molecule has 4 heterocycles. The lowest BCUT2D eigenvalue weighted by Crippen LogP contribution is -2.39. The van der Waals surface area contributed by atoms with Crippen LogP contribution in [0.5, 0.6) is 5.75 Å². The van der Waals surface area contributed by atoms with Crippen LogP contribution in [0.1, 0.15) is 63.3 Å². The Morgan fingerprint density at radius 1 is 1.09 bits per heavy atom. The monoisotopic (exact) mass is 652 g/mol. The first-order chi connectivity index (χ1) is 21.2. The Morgan fingerprint density at radius 2 is 1.82 bits per heavy atom. The van der Waals surface area contributed by atoms with Crippen LogP contribution >= 0.6 is 11.3 Å². The summed E-state index contributed by atoms with van der Waals surface area (Å²) < 4.78 is 86.3. The van der Waals surface area contributed by atoms with Gasteiger partial charge in [-0.3, -0.25) is 4.90 Å². The number of hydrogen-bond donors (Lipinski definition) is 1. The average Bonchev–Trinajstić information content (AvgIpc) is 3.62. The lowest BCUT2D eigenvalue weighted by atomic mass is 9.88. The Balaban J connectivity index is 1.34. The van der Waals surface area contributed by atoms with Crippen molar-refractivity contribution in [3.05, 3.63) is 81.5 Å². The zero-order valence-electron chi connectivity index (χ0n) is 24.4. The number of alkyl halides is 6. The van der Waals surface area contributed by atoms with Crippen molar-refractivity contribution in [2.45, 2.75) is 58.0 Å². The highest BCUT2D eigenvalue weighted by Gasteiger charge is 2.41. The number of carbonyl (C=O) groups is 1. The highest BCUT2D eigenvalue weighted by molar-refractivity contribution is 7.15. The van der Waals surface area contributed by atoms with E-state index in [2.05, 4.69) is 10.1 Å². The van der Waals surface area contributed by atoms with E-state index in [1.807, 2.05) is 38.1 Å². The molecule has 1 N–H and O–H groups in total. The first-order valence-corrected chi connectivity index (χ1v) is 15.1. The Bertz CT molecular complexity index is 1670. The van der Waals surface area contributed by atoms with Gasteiger partial charge in [0.25, 0.3) is 0 Å². The largest absolute Gasteiger partial charge is 0.489 e. The van der Waals surface area contributed by atoms with Crippen LogP contribution in [0.4, 0.5) is 26.3 Å². The molecule has 0 unspecified atom stereocenters. The second-order valence-corrected chi connectivity index (χ2v) is 12.0. The molecule has 7 nitrogen and oxygen atoms in total. The number of ether oxygens (including phenoxy) is 1. The summed E-state index contributed by atoms with van der Waals surface area (Å²) in [7, 11) is 0. The summed E-state index contributed by atoms with van der Waals surface area (Å²) in [6.45, 7) is 3.92. The summed E-state index contributed by atoms with van der Waals surface area (Å²) in [5, 5.41) is 12.9. The maximum atomic E-state index is 13.8. The number of nitrogens with zero attached hydrogens (tertiary/aromatic N) is 4. The van der Waals surface area contributed by atoms with Gasteiger partial charge in [0.15, 0.2) is 11.5 Å². The molecule has 1 fully saturated rings. The number of aryl methyl sites for hydroxylation is 2. The number of benzene rings is 1. The second-order valence-electron chi connectivity index (χ2n) is 10.9. The first kappa shape index (κ1) is 32.5. The van der Waals surface area contributed by atoms with Gasteiger partial charge in [-0.1, -0.05) is 25.1 Å². The molecule has 0 amide bonds. The number of aromatic carboxylic acids is 1. The number of piperidine rings is 1. The van der Waals surface area contributed by atoms with Gasteiger partial charge in [0.2, 0.25) is 0 Å². The van der Waals surface area contributed by atoms with Crippen molar-refractivity contribution < 1.29 is 41.0 Å². The lowest BCUT2D eigenvalue weighted by Gasteiger charge is -2.32. The summed E-state index contributed by atoms with van der Waals surface area (Å²) in [5.41, 5.74) is 0.714. The quantitative estimate of drug-likeness (QED) is 0.185. The predicted octanol–water partition coefficient (Wildman–Crippen LogP) is 7.90. The topological polar surface area (TPSA) is 80.5 Å². The molecule has 0 atom stereocenters. The predicted molar refractivity (Wildman–Crippen MR) is 156 cm³/mol. The Kier molecular flexibility index (Phi) is 9.26. The van der Waals surface area contributed by atoms with Crippen LogP contribution in [0.25, 0.3) is 16.4 Å². The molecule has 0 aliphatic carbocycles. The van der Waals surface area contributed by atoms with Gasteiger partial charge in [-0.15, -0.1) is 11.3 Å². The molecule has 0 bridgehead atoms. The normalized spacial score (nSPS) is 15.0. The summed E-state index contributed by atoms with van der Waals surface area (Å²) in [5.74, 6) is -1.13. The van der Waals surface area contributed by atoms with Crippen molar-refractivity contribution in [1.82, 2.24) is 19.7 Å². The number of carboxylic acid groups (broad SMARTS) is 1. The maximum absolute atomic E-state index is 13.8. The molecule has 0 saturated carbocycles. The highest BCUT2D eigenvalue weighted by Crippen LogP contribution is 2.37. The third kappa shape index (κ3) is 7.50. The molecule has 1 saturated heterocycles. The third-order valence-corrected chi connectivity index (χ3v) is 9.05. The molecule has 14 heteroatoms. The van der Waals surface area contributed by atoms with Gasteiger partial charge in [0.05, 0.1) is 23.3 Å². The van der Waals surface area contributed by atoms with Gasteiger partial charge in [-0.25, -0.2) is 14.5 Å². The number of hydrogen-bond acceptors (Lipinski definition) is 6. The molecule has 240 valence electrons. The van der Waals surface area contributed by atoms with Crippen LogP contribution < -0.4 is 4.74 Å². The molecule has 0 spiro atoms. The number of rotatable bonds is 9. The van der Waals surface area contributed by atoms with Crippen LogP contribution in [-0.2, 0) is 19.2 Å². The van der Waals surface area contributed by atoms with Gasteiger partial charge >= 0.3 is 18.3 Å². The first-order valence-electron chi connectivity index (χ1n) is 14.2. The van der Waals surface area contributed by atoms with Gasteiger partial charge < -0.3 is 9.84 Å². The molecule has 1 aliphatic heterocycles. The van der Waals surface area contributed by atoms with Crippen molar-refractivity contribution in [2.24, 2.45) is 0 Å². The van der Waals surface area contributed by atoms with E-state index in [9.17, 15) is 36.2 Å². The van der Waals surface area contributed by atoms with Crippen LogP contribution in [-0.4, -0.2) is 56.6 Å². The van der Waals surface area contributed by atoms with Crippen molar-refractivity contribution in [3.63, 3.8) is 0 Å². The molecule has 1 aliphatic rings. The van der Waals surface area contributed by atoms with E-state index in [0.717, 1.165) is 21.6 Å². The zero-order chi connectivity index (χ0) is 32.5. The van der Waals surface area contributed by atoms with Gasteiger partial charge in [0.1, 0.15) is 17.9 Å². The minimum Gasteiger partial charge on any atom is -0.489 e. The summed E-state index contributed by atoms with van der Waals surface area (Å²) in [6, 6.07) is 12.3. The Morgan fingerprint density at radius 3 is 2.44 bits per heavy atom. The number of pyridine rings is 1. The van der Waals surface area contributed by atoms with E-state index >= 15 is 0 Å². The molecule has 0 radical (unpaired) electrons. The number of carboxylic acids is 1. The Hall–Kier alpha value is -3.91. The van der Waals surface area contributed by atoms with E-state index in [0.29, 0.717) is 59.6 Å². The van der Waals surface area contributed by atoms with E-state index < -0.39 is 36.1 Å². The van der Waals surface area contributed by atoms with E-state index in [-0.39, 0.29) is 18.3 Å². The van der Waals surface area contributed by atoms with Gasteiger partial charge in [0, 0.05) is 10.4 Å². The van der Waals surface area contributed by atoms with Crippen LogP contribution in [0, 0.1) is 6.92 Å². The minimum atomic E-state index is -4.98. The average molecular weight is 653 g/mol. The zero-order valence-corrected chi connectivity index (χ0v) is 25.2. The molecule has 45 heavy (non-hydrogen) atoms. The van der Waals surface area contributed by atoms with E-state index in [1.165, 1.54) is 28.4 Å². The molecule has 5 rings (SSSR count). The smallest absolute Gasteiger partial charge is 0.434 e. The van der Waals surface area contributed by atoms with Crippen molar-refractivity contribution in [2.75, 3.05) is 19.6 Å². The molecule has 1 aromatic carbocycles. The number of halogens is 6. The fourth-order valence-corrected chi connectivity index (χ4v) is 6.60. The summed E-state index contributed by atoms with van der Waals surface area (Å²) >= 11 is 1.44. The fourth-order valence-electron chi connectivity index (χ4n) is 5.53. The third-order valence-electron chi connectivity index (χ3n) is 7.70. The molecular weight excluding hydrogens is 622 g/mol. The lowest BCUT2D eigenvalue weighted by molar-refractivity contribution is -0.148. The second kappa shape index (κ2) is 12.8. The van der Waals surface area contributed by atoms with Crippen LogP contribution in [0.2, 0.25) is 0 Å². The molecule has 3 aromatic heterocycles. The highest BCUT2D eigenvalue weighted by atomic mass is 32.1. The van der Waals surface area contributed by atoms with E-state index in [1.54, 1.807) is 6.07 Å². The number of likely N-dealkylation sites (tertiary alicyclic amines) is 1. The Labute approximate surface area is 259 Å². The minimum absolute atomic E-state index is 0.159. The molecular formula is C31H30F6N4O3S. The van der Waals surface area contributed by atoms with Crippen LogP contribution in [0.15, 0.2) is 48.7 Å². The molecule has 4 aromatic rings. The maximum Gasteiger partial charge on any atom is 0.434 e. The summed E-state index contributed by atoms with van der Waals surface area (Å²) in [4.78, 5) is 19.0. The SMILES string of the molecule is CCc1cc(COc2ccc(C3CCN(CC(F)(F)F)CC3)cc2C)c(-c2cccc(-n3ncc(C(=O)O)c3C(F)(F)F)n2)s1. The fraction of sp³-hybridized carbons (Fsp3) is 0.387. The van der Waals surface area contributed by atoms with Gasteiger partial charge in [-0.2, -0.15) is 31.4 Å². The van der Waals surface area contributed by atoms with Gasteiger partial charge in [-0.05, 0) is 80.6 Å². The van der Waals surface area contributed by atoms with Crippen LogP contribution in [0.3, 0.4) is 0 Å². The number of thiophene rings is 1.